The first-order valence-electron chi connectivity index (χ1n) is 10.9. The lowest BCUT2D eigenvalue weighted by molar-refractivity contribution is -0.127. The van der Waals surface area contributed by atoms with Gasteiger partial charge in [-0.25, -0.2) is 0 Å². The van der Waals surface area contributed by atoms with Crippen molar-refractivity contribution in [2.75, 3.05) is 13.1 Å². The molecule has 1 atom stereocenters. The van der Waals surface area contributed by atoms with Crippen LogP contribution in [0.5, 0.6) is 5.75 Å². The highest BCUT2D eigenvalue weighted by molar-refractivity contribution is 5.84. The summed E-state index contributed by atoms with van der Waals surface area (Å²) in [5, 5.41) is 5.24. The number of rotatable bonds is 7. The van der Waals surface area contributed by atoms with Crippen LogP contribution in [0.15, 0.2) is 66.7 Å². The third-order valence-corrected chi connectivity index (χ3v) is 5.75. The number of piperidine rings is 1. The first-order chi connectivity index (χ1) is 14.7. The van der Waals surface area contributed by atoms with E-state index in [1.54, 1.807) is 6.92 Å². The Labute approximate surface area is 178 Å². The number of carbonyl (C=O) groups is 1. The molecule has 0 aromatic heterocycles. The highest BCUT2D eigenvalue weighted by Gasteiger charge is 2.15. The SMILES string of the molecule is CC(Oc1ccc2ccccc2c1)C(=O)NCc1ccc(CN2CCCCC2)cc1. The molecule has 1 amide bonds. The largest absolute Gasteiger partial charge is 0.481 e. The number of likely N-dealkylation sites (tertiary alicyclic amines) is 1. The molecule has 1 aliphatic rings. The summed E-state index contributed by atoms with van der Waals surface area (Å²) in [7, 11) is 0. The molecule has 0 saturated carbocycles. The van der Waals surface area contributed by atoms with Gasteiger partial charge in [0, 0.05) is 13.1 Å². The van der Waals surface area contributed by atoms with Crippen molar-refractivity contribution in [1.82, 2.24) is 10.2 Å². The Balaban J connectivity index is 1.26. The zero-order valence-electron chi connectivity index (χ0n) is 17.6. The molecule has 1 aliphatic heterocycles. The monoisotopic (exact) mass is 402 g/mol. The lowest BCUT2D eigenvalue weighted by atomic mass is 10.1. The molecule has 1 unspecified atom stereocenters. The normalized spacial score (nSPS) is 15.6. The summed E-state index contributed by atoms with van der Waals surface area (Å²) in [5.74, 6) is 0.596. The number of nitrogens with one attached hydrogen (secondary N) is 1. The maximum atomic E-state index is 12.5. The van der Waals surface area contributed by atoms with E-state index in [-0.39, 0.29) is 5.91 Å². The van der Waals surface area contributed by atoms with Gasteiger partial charge in [0.2, 0.25) is 0 Å². The van der Waals surface area contributed by atoms with Crippen LogP contribution in [0.4, 0.5) is 0 Å². The number of nitrogens with zero attached hydrogens (tertiary/aromatic N) is 1. The Morgan fingerprint density at radius 3 is 2.40 bits per heavy atom. The average Bonchev–Trinajstić information content (AvgIpc) is 2.79. The third kappa shape index (κ3) is 5.39. The predicted octanol–water partition coefficient (Wildman–Crippen LogP) is 4.91. The van der Waals surface area contributed by atoms with E-state index in [9.17, 15) is 4.79 Å². The standard InChI is InChI=1S/C26H30N2O2/c1-20(30-25-14-13-23-7-3-4-8-24(23)17-25)26(29)27-18-21-9-11-22(12-10-21)19-28-15-5-2-6-16-28/h3-4,7-14,17,20H,2,5-6,15-16,18-19H2,1H3,(H,27,29). The van der Waals surface area contributed by atoms with Crippen LogP contribution in [-0.4, -0.2) is 30.0 Å². The Morgan fingerprint density at radius 2 is 1.63 bits per heavy atom. The maximum Gasteiger partial charge on any atom is 0.261 e. The zero-order chi connectivity index (χ0) is 20.8. The lowest BCUT2D eigenvalue weighted by Crippen LogP contribution is -2.35. The number of fused-ring (bicyclic) bond motifs is 1. The van der Waals surface area contributed by atoms with E-state index < -0.39 is 6.10 Å². The summed E-state index contributed by atoms with van der Waals surface area (Å²) in [5.41, 5.74) is 2.43. The quantitative estimate of drug-likeness (QED) is 0.611. The Morgan fingerprint density at radius 1 is 0.933 bits per heavy atom. The molecule has 3 aromatic carbocycles. The molecule has 156 valence electrons. The molecule has 4 heteroatoms. The number of amides is 1. The van der Waals surface area contributed by atoms with Crippen LogP contribution < -0.4 is 10.1 Å². The summed E-state index contributed by atoms with van der Waals surface area (Å²) >= 11 is 0. The van der Waals surface area contributed by atoms with Crippen molar-refractivity contribution in [3.05, 3.63) is 77.9 Å². The Bertz CT molecular complexity index is 978. The van der Waals surface area contributed by atoms with Crippen LogP contribution in [0.25, 0.3) is 10.8 Å². The molecule has 1 fully saturated rings. The minimum atomic E-state index is -0.551. The second-order valence-corrected chi connectivity index (χ2v) is 8.14. The number of carbonyl (C=O) groups excluding carboxylic acids is 1. The minimum absolute atomic E-state index is 0.111. The van der Waals surface area contributed by atoms with Crippen molar-refractivity contribution in [3.8, 4) is 5.75 Å². The highest BCUT2D eigenvalue weighted by Crippen LogP contribution is 2.21. The number of benzene rings is 3. The topological polar surface area (TPSA) is 41.6 Å². The zero-order valence-corrected chi connectivity index (χ0v) is 17.6. The molecular formula is C26H30N2O2. The van der Waals surface area contributed by atoms with Gasteiger partial charge in [-0.2, -0.15) is 0 Å². The van der Waals surface area contributed by atoms with Gasteiger partial charge in [-0.1, -0.05) is 61.0 Å². The van der Waals surface area contributed by atoms with Gasteiger partial charge in [0.1, 0.15) is 5.75 Å². The van der Waals surface area contributed by atoms with Gasteiger partial charge in [-0.15, -0.1) is 0 Å². The van der Waals surface area contributed by atoms with E-state index >= 15 is 0 Å². The van der Waals surface area contributed by atoms with Gasteiger partial charge in [0.25, 0.3) is 5.91 Å². The van der Waals surface area contributed by atoms with Crippen molar-refractivity contribution in [1.29, 1.82) is 0 Å². The summed E-state index contributed by atoms with van der Waals surface area (Å²) in [6, 6.07) is 22.6. The molecule has 0 aliphatic carbocycles. The van der Waals surface area contributed by atoms with Gasteiger partial charge in [0.05, 0.1) is 0 Å². The molecule has 0 bridgehead atoms. The van der Waals surface area contributed by atoms with Crippen molar-refractivity contribution in [2.45, 2.75) is 45.4 Å². The van der Waals surface area contributed by atoms with Crippen molar-refractivity contribution in [2.24, 2.45) is 0 Å². The van der Waals surface area contributed by atoms with Gasteiger partial charge in [-0.3, -0.25) is 9.69 Å². The minimum Gasteiger partial charge on any atom is -0.481 e. The fourth-order valence-electron chi connectivity index (χ4n) is 3.97. The smallest absolute Gasteiger partial charge is 0.261 e. The highest BCUT2D eigenvalue weighted by atomic mass is 16.5. The van der Waals surface area contributed by atoms with Crippen LogP contribution in [-0.2, 0) is 17.9 Å². The number of hydrogen-bond donors (Lipinski definition) is 1. The van der Waals surface area contributed by atoms with Crippen molar-refractivity contribution in [3.63, 3.8) is 0 Å². The molecule has 1 heterocycles. The summed E-state index contributed by atoms with van der Waals surface area (Å²) in [6.07, 6.45) is 3.43. The van der Waals surface area contributed by atoms with Crippen LogP contribution >= 0.6 is 0 Å². The molecule has 1 saturated heterocycles. The first-order valence-corrected chi connectivity index (χ1v) is 10.9. The predicted molar refractivity (Wildman–Crippen MR) is 121 cm³/mol. The van der Waals surface area contributed by atoms with Gasteiger partial charge < -0.3 is 10.1 Å². The van der Waals surface area contributed by atoms with E-state index in [0.717, 1.165) is 22.9 Å². The molecule has 30 heavy (non-hydrogen) atoms. The molecular weight excluding hydrogens is 372 g/mol. The number of hydrogen-bond acceptors (Lipinski definition) is 3. The Hall–Kier alpha value is -2.85. The van der Waals surface area contributed by atoms with Crippen molar-refractivity contribution >= 4 is 16.7 Å². The van der Waals surface area contributed by atoms with E-state index in [2.05, 4.69) is 40.5 Å². The first kappa shape index (κ1) is 20.4. The average molecular weight is 403 g/mol. The van der Waals surface area contributed by atoms with Gasteiger partial charge >= 0.3 is 0 Å². The fourth-order valence-corrected chi connectivity index (χ4v) is 3.97. The summed E-state index contributed by atoms with van der Waals surface area (Å²) in [4.78, 5) is 15.0. The molecule has 1 N–H and O–H groups in total. The van der Waals surface area contributed by atoms with Crippen LogP contribution in [0.3, 0.4) is 0 Å². The van der Waals surface area contributed by atoms with E-state index in [1.807, 2.05) is 36.4 Å². The molecule has 4 rings (SSSR count). The fraction of sp³-hybridized carbons (Fsp3) is 0.346. The van der Waals surface area contributed by atoms with Crippen LogP contribution in [0.2, 0.25) is 0 Å². The van der Waals surface area contributed by atoms with Crippen LogP contribution in [0.1, 0.15) is 37.3 Å². The Kier molecular flexibility index (Phi) is 6.65. The molecule has 0 spiro atoms. The molecule has 3 aromatic rings. The second-order valence-electron chi connectivity index (χ2n) is 8.14. The van der Waals surface area contributed by atoms with E-state index in [0.29, 0.717) is 12.3 Å². The second kappa shape index (κ2) is 9.77. The molecule has 0 radical (unpaired) electrons. The van der Waals surface area contributed by atoms with E-state index in [1.165, 1.54) is 37.9 Å². The number of ether oxygens (including phenoxy) is 1. The maximum absolute atomic E-state index is 12.5. The van der Waals surface area contributed by atoms with Crippen LogP contribution in [0, 0.1) is 0 Å². The lowest BCUT2D eigenvalue weighted by Gasteiger charge is -2.26. The van der Waals surface area contributed by atoms with Crippen molar-refractivity contribution < 1.29 is 9.53 Å². The summed E-state index contributed by atoms with van der Waals surface area (Å²) < 4.78 is 5.86. The third-order valence-electron chi connectivity index (χ3n) is 5.75. The van der Waals surface area contributed by atoms with E-state index in [4.69, 9.17) is 4.74 Å². The van der Waals surface area contributed by atoms with Gasteiger partial charge in [-0.05, 0) is 66.9 Å². The molecule has 4 nitrogen and oxygen atoms in total. The summed E-state index contributed by atoms with van der Waals surface area (Å²) in [6.45, 7) is 5.71. The van der Waals surface area contributed by atoms with Gasteiger partial charge in [0.15, 0.2) is 6.10 Å².